The highest BCUT2D eigenvalue weighted by molar-refractivity contribution is 5.43. The van der Waals surface area contributed by atoms with Crippen LogP contribution in [0.4, 0.5) is 11.4 Å². The quantitative estimate of drug-likeness (QED) is 0.342. The molecule has 0 fully saturated rings. The van der Waals surface area contributed by atoms with Crippen molar-refractivity contribution < 1.29 is 4.74 Å². The van der Waals surface area contributed by atoms with E-state index in [1.54, 1.807) is 7.11 Å². The molecule has 0 aliphatic carbocycles. The van der Waals surface area contributed by atoms with Crippen molar-refractivity contribution in [2.75, 3.05) is 7.11 Å². The zero-order valence-corrected chi connectivity index (χ0v) is 14.9. The van der Waals surface area contributed by atoms with Gasteiger partial charge < -0.3 is 4.74 Å². The molecule has 2 aromatic carbocycles. The number of rotatable bonds is 10. The van der Waals surface area contributed by atoms with Gasteiger partial charge in [0.15, 0.2) is 0 Å². The largest absolute Gasteiger partial charge is 0.497 e. The highest BCUT2D eigenvalue weighted by Gasteiger charge is 1.96. The number of aryl methyl sites for hydroxylation is 1. The molecule has 2 aromatic rings. The van der Waals surface area contributed by atoms with Crippen LogP contribution in [-0.2, 0) is 6.42 Å². The fourth-order valence-electron chi connectivity index (χ4n) is 2.60. The molecule has 0 bridgehead atoms. The van der Waals surface area contributed by atoms with Crippen LogP contribution >= 0.6 is 0 Å². The summed E-state index contributed by atoms with van der Waals surface area (Å²) in [5.74, 6) is 0.827. The van der Waals surface area contributed by atoms with Gasteiger partial charge in [-0.2, -0.15) is 10.2 Å². The Labute approximate surface area is 145 Å². The van der Waals surface area contributed by atoms with Crippen LogP contribution in [0.15, 0.2) is 58.8 Å². The smallest absolute Gasteiger partial charge is 0.119 e. The average Bonchev–Trinajstić information content (AvgIpc) is 2.64. The highest BCUT2D eigenvalue weighted by Crippen LogP contribution is 2.21. The minimum Gasteiger partial charge on any atom is -0.497 e. The molecule has 0 amide bonds. The molecule has 2 rings (SSSR count). The van der Waals surface area contributed by atoms with Crippen LogP contribution in [0.1, 0.15) is 51.0 Å². The second-order valence-corrected chi connectivity index (χ2v) is 6.08. The van der Waals surface area contributed by atoms with Crippen molar-refractivity contribution in [1.29, 1.82) is 0 Å². The molecule has 0 aliphatic heterocycles. The summed E-state index contributed by atoms with van der Waals surface area (Å²) >= 11 is 0. The lowest BCUT2D eigenvalue weighted by Crippen LogP contribution is -1.85. The molecule has 0 aliphatic rings. The van der Waals surface area contributed by atoms with E-state index in [0.29, 0.717) is 0 Å². The Morgan fingerprint density at radius 1 is 0.708 bits per heavy atom. The second-order valence-electron chi connectivity index (χ2n) is 6.08. The molecule has 0 aromatic heterocycles. The van der Waals surface area contributed by atoms with Gasteiger partial charge in [0, 0.05) is 0 Å². The third-order valence-electron chi connectivity index (χ3n) is 4.11. The van der Waals surface area contributed by atoms with Crippen LogP contribution in [0.2, 0.25) is 0 Å². The summed E-state index contributed by atoms with van der Waals surface area (Å²) in [5, 5.41) is 8.54. The lowest BCUT2D eigenvalue weighted by atomic mass is 10.0. The van der Waals surface area contributed by atoms with Crippen LogP contribution in [0.3, 0.4) is 0 Å². The van der Waals surface area contributed by atoms with Crippen LogP contribution in [-0.4, -0.2) is 7.11 Å². The molecule has 0 N–H and O–H groups in total. The first kappa shape index (κ1) is 18.2. The standard InChI is InChI=1S/C21H28N2O/c1-3-4-5-6-7-8-9-18-10-12-19(13-11-18)22-23-20-14-16-21(24-2)17-15-20/h10-17H,3-9H2,1-2H3. The van der Waals surface area contributed by atoms with E-state index in [4.69, 9.17) is 4.74 Å². The van der Waals surface area contributed by atoms with Crippen molar-refractivity contribution in [3.05, 3.63) is 54.1 Å². The number of unbranched alkanes of at least 4 members (excludes halogenated alkanes) is 5. The van der Waals surface area contributed by atoms with Gasteiger partial charge in [0.2, 0.25) is 0 Å². The zero-order valence-electron chi connectivity index (χ0n) is 14.9. The first-order chi connectivity index (χ1) is 11.8. The van der Waals surface area contributed by atoms with Crippen molar-refractivity contribution in [2.45, 2.75) is 51.9 Å². The van der Waals surface area contributed by atoms with Crippen molar-refractivity contribution >= 4 is 11.4 Å². The van der Waals surface area contributed by atoms with Gasteiger partial charge in [-0.15, -0.1) is 0 Å². The maximum absolute atomic E-state index is 5.13. The summed E-state index contributed by atoms with van der Waals surface area (Å²) in [5.41, 5.74) is 3.10. The van der Waals surface area contributed by atoms with E-state index in [0.717, 1.165) is 23.5 Å². The van der Waals surface area contributed by atoms with Gasteiger partial charge in [-0.25, -0.2) is 0 Å². The van der Waals surface area contributed by atoms with Crippen LogP contribution in [0.5, 0.6) is 5.75 Å². The van der Waals surface area contributed by atoms with E-state index in [1.807, 2.05) is 36.4 Å². The first-order valence-corrected chi connectivity index (χ1v) is 8.96. The summed E-state index contributed by atoms with van der Waals surface area (Å²) < 4.78 is 5.13. The van der Waals surface area contributed by atoms with Gasteiger partial charge in [-0.05, 0) is 54.8 Å². The molecular formula is C21H28N2O. The molecule has 3 heteroatoms. The van der Waals surface area contributed by atoms with E-state index in [9.17, 15) is 0 Å². The maximum Gasteiger partial charge on any atom is 0.119 e. The summed E-state index contributed by atoms with van der Waals surface area (Å²) in [4.78, 5) is 0. The predicted octanol–water partition coefficient (Wildman–Crippen LogP) is 7.01. The SMILES string of the molecule is CCCCCCCCc1ccc(N=Nc2ccc(OC)cc2)cc1. The Kier molecular flexibility index (Phi) is 8.02. The molecule has 0 unspecified atom stereocenters. The Morgan fingerprint density at radius 2 is 1.25 bits per heavy atom. The summed E-state index contributed by atoms with van der Waals surface area (Å²) in [6.07, 6.45) is 9.18. The topological polar surface area (TPSA) is 34.0 Å². The second kappa shape index (κ2) is 10.6. The molecular weight excluding hydrogens is 296 g/mol. The molecule has 128 valence electrons. The Balaban J connectivity index is 1.77. The van der Waals surface area contributed by atoms with Gasteiger partial charge >= 0.3 is 0 Å². The van der Waals surface area contributed by atoms with Crippen molar-refractivity contribution in [1.82, 2.24) is 0 Å². The molecule has 3 nitrogen and oxygen atoms in total. The number of benzene rings is 2. The van der Waals surface area contributed by atoms with Gasteiger partial charge in [-0.3, -0.25) is 0 Å². The van der Waals surface area contributed by atoms with E-state index >= 15 is 0 Å². The summed E-state index contributed by atoms with van der Waals surface area (Å²) in [6, 6.07) is 16.0. The van der Waals surface area contributed by atoms with Crippen LogP contribution < -0.4 is 4.74 Å². The number of nitrogens with zero attached hydrogens (tertiary/aromatic N) is 2. The molecule has 0 saturated carbocycles. The summed E-state index contributed by atoms with van der Waals surface area (Å²) in [6.45, 7) is 2.26. The number of hydrogen-bond donors (Lipinski definition) is 0. The van der Waals surface area contributed by atoms with Crippen molar-refractivity contribution in [3.8, 4) is 5.75 Å². The van der Waals surface area contributed by atoms with E-state index in [1.165, 1.54) is 44.1 Å². The lowest BCUT2D eigenvalue weighted by Gasteiger charge is -2.02. The van der Waals surface area contributed by atoms with Gasteiger partial charge in [-0.1, -0.05) is 51.2 Å². The van der Waals surface area contributed by atoms with Gasteiger partial charge in [0.1, 0.15) is 5.75 Å². The maximum atomic E-state index is 5.13. The fourth-order valence-corrected chi connectivity index (χ4v) is 2.60. The Hall–Kier alpha value is -2.16. The molecule has 0 heterocycles. The third kappa shape index (κ3) is 6.53. The van der Waals surface area contributed by atoms with Gasteiger partial charge in [0.25, 0.3) is 0 Å². The van der Waals surface area contributed by atoms with E-state index in [2.05, 4.69) is 29.3 Å². The zero-order chi connectivity index (χ0) is 17.0. The molecule has 24 heavy (non-hydrogen) atoms. The predicted molar refractivity (Wildman–Crippen MR) is 101 cm³/mol. The third-order valence-corrected chi connectivity index (χ3v) is 4.11. The van der Waals surface area contributed by atoms with Crippen LogP contribution in [0.25, 0.3) is 0 Å². The Morgan fingerprint density at radius 3 is 1.83 bits per heavy atom. The van der Waals surface area contributed by atoms with Crippen molar-refractivity contribution in [2.24, 2.45) is 10.2 Å². The molecule has 0 radical (unpaired) electrons. The lowest BCUT2D eigenvalue weighted by molar-refractivity contribution is 0.415. The first-order valence-electron chi connectivity index (χ1n) is 8.96. The minimum atomic E-state index is 0.826. The Bertz CT molecular complexity index is 603. The van der Waals surface area contributed by atoms with Gasteiger partial charge in [0.05, 0.1) is 18.5 Å². The highest BCUT2D eigenvalue weighted by atomic mass is 16.5. The molecule has 0 saturated heterocycles. The fraction of sp³-hybridized carbons (Fsp3) is 0.429. The van der Waals surface area contributed by atoms with E-state index < -0.39 is 0 Å². The molecule has 0 spiro atoms. The van der Waals surface area contributed by atoms with Crippen LogP contribution in [0, 0.1) is 0 Å². The monoisotopic (exact) mass is 324 g/mol. The number of methoxy groups -OCH3 is 1. The normalized spacial score (nSPS) is 11.1. The minimum absolute atomic E-state index is 0.826. The van der Waals surface area contributed by atoms with Crippen molar-refractivity contribution in [3.63, 3.8) is 0 Å². The molecule has 0 atom stereocenters. The summed E-state index contributed by atoms with van der Waals surface area (Å²) in [7, 11) is 1.66. The number of azo groups is 1. The number of hydrogen-bond acceptors (Lipinski definition) is 3. The van der Waals surface area contributed by atoms with E-state index in [-0.39, 0.29) is 0 Å². The average molecular weight is 324 g/mol. The number of ether oxygens (including phenoxy) is 1.